The topological polar surface area (TPSA) is 59.0 Å². The highest BCUT2D eigenvalue weighted by atomic mass is 16.2. The molecule has 1 saturated carbocycles. The number of rotatable bonds is 1. The molecule has 1 aromatic heterocycles. The minimum atomic E-state index is -0.118. The molecule has 1 aliphatic carbocycles. The van der Waals surface area contributed by atoms with Crippen molar-refractivity contribution in [3.63, 3.8) is 0 Å². The van der Waals surface area contributed by atoms with E-state index in [0.717, 1.165) is 24.4 Å². The Morgan fingerprint density at radius 2 is 2.50 bits per heavy atom. The van der Waals surface area contributed by atoms with Gasteiger partial charge >= 0.3 is 6.03 Å². The fourth-order valence-electron chi connectivity index (χ4n) is 2.76. The largest absolute Gasteiger partial charge is 0.342 e. The monoisotopic (exact) mass is 220 g/mol. The van der Waals surface area contributed by atoms with E-state index >= 15 is 0 Å². The SMILES string of the molecule is Cc1cnn(C(=O)NC2CC3CNC2C3)c1. The Hall–Kier alpha value is -1.36. The van der Waals surface area contributed by atoms with E-state index in [1.165, 1.54) is 11.1 Å². The molecule has 5 heteroatoms. The van der Waals surface area contributed by atoms with Gasteiger partial charge in [-0.25, -0.2) is 4.79 Å². The number of hydrogen-bond donors (Lipinski definition) is 2. The van der Waals surface area contributed by atoms with Gasteiger partial charge in [-0.2, -0.15) is 9.78 Å². The van der Waals surface area contributed by atoms with E-state index in [9.17, 15) is 4.79 Å². The lowest BCUT2D eigenvalue weighted by molar-refractivity contribution is 0.231. The number of piperidine rings is 1. The lowest BCUT2D eigenvalue weighted by Gasteiger charge is -2.23. The average Bonchev–Trinajstić information content (AvgIpc) is 2.92. The molecule has 2 aliphatic rings. The minimum Gasteiger partial charge on any atom is -0.332 e. The van der Waals surface area contributed by atoms with Gasteiger partial charge in [-0.15, -0.1) is 0 Å². The zero-order chi connectivity index (χ0) is 11.1. The number of aromatic nitrogens is 2. The highest BCUT2D eigenvalue weighted by Gasteiger charge is 2.40. The first-order chi connectivity index (χ1) is 7.72. The zero-order valence-corrected chi connectivity index (χ0v) is 9.31. The summed E-state index contributed by atoms with van der Waals surface area (Å²) in [5, 5.41) is 10.5. The predicted octanol–water partition coefficient (Wildman–Crippen LogP) is 0.500. The summed E-state index contributed by atoms with van der Waals surface area (Å²) < 4.78 is 1.38. The van der Waals surface area contributed by atoms with Crippen LogP contribution in [0.4, 0.5) is 4.79 Å². The number of hydrogen-bond acceptors (Lipinski definition) is 3. The van der Waals surface area contributed by atoms with Crippen molar-refractivity contribution in [2.45, 2.75) is 31.8 Å². The van der Waals surface area contributed by atoms with Crippen LogP contribution in [0.3, 0.4) is 0 Å². The Kier molecular flexibility index (Phi) is 2.21. The smallest absolute Gasteiger partial charge is 0.332 e. The second kappa shape index (κ2) is 3.59. The van der Waals surface area contributed by atoms with Crippen LogP contribution in [0.5, 0.6) is 0 Å². The van der Waals surface area contributed by atoms with E-state index in [0.29, 0.717) is 6.04 Å². The normalized spacial score (nSPS) is 31.9. The van der Waals surface area contributed by atoms with Gasteiger partial charge in [0.25, 0.3) is 0 Å². The zero-order valence-electron chi connectivity index (χ0n) is 9.31. The van der Waals surface area contributed by atoms with Crippen molar-refractivity contribution in [2.75, 3.05) is 6.54 Å². The highest BCUT2D eigenvalue weighted by molar-refractivity contribution is 5.76. The van der Waals surface area contributed by atoms with Gasteiger partial charge in [0.15, 0.2) is 0 Å². The summed E-state index contributed by atoms with van der Waals surface area (Å²) in [6.07, 6.45) is 5.74. The predicted molar refractivity (Wildman–Crippen MR) is 59.2 cm³/mol. The molecule has 1 aromatic rings. The van der Waals surface area contributed by atoms with Crippen LogP contribution in [0.2, 0.25) is 0 Å². The van der Waals surface area contributed by atoms with Crippen LogP contribution in [0.1, 0.15) is 18.4 Å². The van der Waals surface area contributed by atoms with E-state index in [1.54, 1.807) is 12.4 Å². The Morgan fingerprint density at radius 1 is 1.62 bits per heavy atom. The molecule has 1 saturated heterocycles. The fourth-order valence-corrected chi connectivity index (χ4v) is 2.76. The van der Waals surface area contributed by atoms with Crippen molar-refractivity contribution in [1.82, 2.24) is 20.4 Å². The summed E-state index contributed by atoms with van der Waals surface area (Å²) in [7, 11) is 0. The van der Waals surface area contributed by atoms with E-state index in [1.807, 2.05) is 6.92 Å². The van der Waals surface area contributed by atoms with Crippen molar-refractivity contribution in [2.24, 2.45) is 5.92 Å². The van der Waals surface area contributed by atoms with Gasteiger partial charge in [0.1, 0.15) is 0 Å². The quantitative estimate of drug-likeness (QED) is 0.724. The summed E-state index contributed by atoms with van der Waals surface area (Å²) in [5.41, 5.74) is 1.00. The van der Waals surface area contributed by atoms with Gasteiger partial charge in [-0.05, 0) is 37.8 Å². The number of carbonyl (C=O) groups is 1. The molecule has 16 heavy (non-hydrogen) atoms. The maximum atomic E-state index is 11.9. The Bertz CT molecular complexity index is 414. The summed E-state index contributed by atoms with van der Waals surface area (Å²) in [6.45, 7) is 3.04. The Morgan fingerprint density at radius 3 is 3.06 bits per heavy atom. The van der Waals surface area contributed by atoms with E-state index < -0.39 is 0 Å². The molecule has 86 valence electrons. The van der Waals surface area contributed by atoms with Crippen molar-refractivity contribution in [3.8, 4) is 0 Å². The lowest BCUT2D eigenvalue weighted by Crippen LogP contribution is -2.49. The fraction of sp³-hybridized carbons (Fsp3) is 0.636. The van der Waals surface area contributed by atoms with Crippen molar-refractivity contribution >= 4 is 6.03 Å². The third kappa shape index (κ3) is 1.61. The molecule has 0 radical (unpaired) electrons. The van der Waals surface area contributed by atoms with Crippen molar-refractivity contribution in [3.05, 3.63) is 18.0 Å². The molecule has 3 rings (SSSR count). The van der Waals surface area contributed by atoms with Crippen LogP contribution >= 0.6 is 0 Å². The van der Waals surface area contributed by atoms with Gasteiger partial charge in [0.05, 0.1) is 6.20 Å². The van der Waals surface area contributed by atoms with Crippen LogP contribution < -0.4 is 10.6 Å². The first-order valence-electron chi connectivity index (χ1n) is 5.78. The summed E-state index contributed by atoms with van der Waals surface area (Å²) in [6, 6.07) is 0.619. The van der Waals surface area contributed by atoms with Crippen LogP contribution in [-0.2, 0) is 0 Å². The number of amides is 1. The van der Waals surface area contributed by atoms with Crippen LogP contribution in [0.15, 0.2) is 12.4 Å². The molecule has 5 nitrogen and oxygen atoms in total. The minimum absolute atomic E-state index is 0.118. The van der Waals surface area contributed by atoms with Gasteiger partial charge in [-0.3, -0.25) is 0 Å². The first-order valence-corrected chi connectivity index (χ1v) is 5.78. The molecule has 1 aliphatic heterocycles. The summed E-state index contributed by atoms with van der Waals surface area (Å²) in [4.78, 5) is 11.9. The maximum absolute atomic E-state index is 11.9. The number of aryl methyl sites for hydroxylation is 1. The molecule has 2 bridgehead atoms. The first kappa shape index (κ1) is 9.84. The van der Waals surface area contributed by atoms with Crippen LogP contribution in [0.25, 0.3) is 0 Å². The molecule has 0 spiro atoms. The summed E-state index contributed by atoms with van der Waals surface area (Å²) >= 11 is 0. The number of nitrogens with one attached hydrogen (secondary N) is 2. The molecule has 1 amide bonds. The Labute approximate surface area is 94.2 Å². The van der Waals surface area contributed by atoms with E-state index in [2.05, 4.69) is 15.7 Å². The Balaban J connectivity index is 1.65. The maximum Gasteiger partial charge on any atom is 0.342 e. The molecule has 3 atom stereocenters. The standard InChI is InChI=1S/C11H16N4O/c1-7-4-13-15(6-7)11(16)14-10-3-8-2-9(10)12-5-8/h4,6,8-10,12H,2-3,5H2,1H3,(H,14,16). The van der Waals surface area contributed by atoms with Crippen LogP contribution in [-0.4, -0.2) is 34.4 Å². The van der Waals surface area contributed by atoms with Gasteiger partial charge in [0.2, 0.25) is 0 Å². The molecule has 3 unspecified atom stereocenters. The summed E-state index contributed by atoms with van der Waals surface area (Å²) in [5.74, 6) is 0.745. The third-order valence-corrected chi connectivity index (χ3v) is 3.56. The number of fused-ring (bicyclic) bond motifs is 2. The third-order valence-electron chi connectivity index (χ3n) is 3.56. The van der Waals surface area contributed by atoms with Crippen molar-refractivity contribution in [1.29, 1.82) is 0 Å². The second-order valence-corrected chi connectivity index (χ2v) is 4.87. The number of carbonyl (C=O) groups excluding carboxylic acids is 1. The second-order valence-electron chi connectivity index (χ2n) is 4.87. The van der Waals surface area contributed by atoms with Gasteiger partial charge in [-0.1, -0.05) is 0 Å². The van der Waals surface area contributed by atoms with E-state index in [4.69, 9.17) is 0 Å². The molecular weight excluding hydrogens is 204 g/mol. The highest BCUT2D eigenvalue weighted by Crippen LogP contribution is 2.30. The lowest BCUT2D eigenvalue weighted by atomic mass is 10.1. The van der Waals surface area contributed by atoms with Gasteiger partial charge in [0, 0.05) is 18.3 Å². The number of nitrogens with zero attached hydrogens (tertiary/aromatic N) is 2. The van der Waals surface area contributed by atoms with Crippen molar-refractivity contribution < 1.29 is 4.79 Å². The molecule has 2 N–H and O–H groups in total. The molecule has 0 aromatic carbocycles. The molecule has 2 heterocycles. The molecule has 2 fully saturated rings. The van der Waals surface area contributed by atoms with E-state index in [-0.39, 0.29) is 12.1 Å². The molecular formula is C11H16N4O. The average molecular weight is 220 g/mol. The van der Waals surface area contributed by atoms with Crippen LogP contribution in [0, 0.1) is 12.8 Å². The van der Waals surface area contributed by atoms with Gasteiger partial charge < -0.3 is 10.6 Å².